The Labute approximate surface area is 202 Å². The molecule has 1 aliphatic heterocycles. The molecule has 0 atom stereocenters. The largest absolute Gasteiger partial charge is 0.493 e. The van der Waals surface area contributed by atoms with Crippen LogP contribution in [0.1, 0.15) is 45.4 Å². The number of carbonyl (C=O) groups is 1. The van der Waals surface area contributed by atoms with Gasteiger partial charge in [0.1, 0.15) is 0 Å². The molecule has 2 heterocycles. The topological polar surface area (TPSA) is 93.0 Å². The molecule has 1 fully saturated rings. The zero-order valence-corrected chi connectivity index (χ0v) is 21.0. The molecule has 0 radical (unpaired) electrons. The molecular weight excluding hydrogens is 434 g/mol. The van der Waals surface area contributed by atoms with Crippen molar-refractivity contribution in [1.29, 1.82) is 0 Å². The van der Waals surface area contributed by atoms with Crippen molar-refractivity contribution in [3.8, 4) is 22.9 Å². The number of unbranched alkanes of at least 4 members (excludes halogenated alkanes) is 1. The smallest absolute Gasteiger partial charge is 0.241 e. The van der Waals surface area contributed by atoms with E-state index in [2.05, 4.69) is 39.1 Å². The fraction of sp³-hybridized carbons (Fsp3) is 0.640. The van der Waals surface area contributed by atoms with Gasteiger partial charge in [-0.05, 0) is 63.6 Å². The molecule has 1 aliphatic rings. The summed E-state index contributed by atoms with van der Waals surface area (Å²) in [6.45, 7) is 10.4. The van der Waals surface area contributed by atoms with Crippen molar-refractivity contribution >= 4 is 5.91 Å². The molecule has 9 heteroatoms. The predicted octanol–water partition coefficient (Wildman–Crippen LogP) is 3.20. The number of piperidine rings is 1. The van der Waals surface area contributed by atoms with Gasteiger partial charge < -0.3 is 24.2 Å². The van der Waals surface area contributed by atoms with E-state index in [0.29, 0.717) is 29.8 Å². The van der Waals surface area contributed by atoms with Crippen LogP contribution in [-0.2, 0) is 11.3 Å². The Bertz CT molecular complexity index is 895. The number of methoxy groups -OCH3 is 2. The number of hydrogen-bond acceptors (Lipinski definition) is 8. The van der Waals surface area contributed by atoms with Crippen molar-refractivity contribution in [2.24, 2.45) is 5.92 Å². The Morgan fingerprint density at radius 2 is 1.94 bits per heavy atom. The van der Waals surface area contributed by atoms with Crippen LogP contribution in [0, 0.1) is 5.92 Å². The maximum atomic E-state index is 12.6. The Morgan fingerprint density at radius 1 is 1.18 bits per heavy atom. The van der Waals surface area contributed by atoms with E-state index in [-0.39, 0.29) is 11.8 Å². The number of benzene rings is 1. The molecule has 188 valence electrons. The first kappa shape index (κ1) is 26.0. The van der Waals surface area contributed by atoms with Crippen LogP contribution in [0.4, 0.5) is 0 Å². The number of nitrogens with one attached hydrogen (secondary N) is 1. The number of likely N-dealkylation sites (N-methyl/N-ethyl adjacent to an activating group) is 1. The molecule has 1 saturated heterocycles. The predicted molar refractivity (Wildman–Crippen MR) is 131 cm³/mol. The van der Waals surface area contributed by atoms with Crippen LogP contribution < -0.4 is 14.8 Å². The first-order chi connectivity index (χ1) is 16.6. The third-order valence-corrected chi connectivity index (χ3v) is 6.43. The van der Waals surface area contributed by atoms with E-state index in [0.717, 1.165) is 57.7 Å². The minimum atomic E-state index is 0.0759. The average molecular weight is 474 g/mol. The van der Waals surface area contributed by atoms with Gasteiger partial charge in [0.05, 0.1) is 20.8 Å². The minimum absolute atomic E-state index is 0.0759. The highest BCUT2D eigenvalue weighted by Crippen LogP contribution is 2.31. The van der Waals surface area contributed by atoms with Crippen molar-refractivity contribution in [3.05, 3.63) is 24.1 Å². The number of ether oxygens (including phenoxy) is 2. The van der Waals surface area contributed by atoms with Gasteiger partial charge in [0.15, 0.2) is 11.5 Å². The molecule has 0 aliphatic carbocycles. The van der Waals surface area contributed by atoms with Crippen molar-refractivity contribution < 1.29 is 18.8 Å². The Hall–Kier alpha value is -2.65. The fourth-order valence-electron chi connectivity index (χ4n) is 4.25. The van der Waals surface area contributed by atoms with E-state index in [9.17, 15) is 4.79 Å². The summed E-state index contributed by atoms with van der Waals surface area (Å²) in [4.78, 5) is 21.8. The normalized spacial score (nSPS) is 15.0. The summed E-state index contributed by atoms with van der Waals surface area (Å²) in [6, 6.07) is 5.54. The number of rotatable bonds is 13. The van der Waals surface area contributed by atoms with E-state index in [1.54, 1.807) is 14.2 Å². The van der Waals surface area contributed by atoms with Crippen LogP contribution in [0.3, 0.4) is 0 Å². The van der Waals surface area contributed by atoms with Crippen LogP contribution >= 0.6 is 0 Å². The first-order valence-corrected chi connectivity index (χ1v) is 12.3. The zero-order valence-electron chi connectivity index (χ0n) is 21.0. The van der Waals surface area contributed by atoms with Crippen molar-refractivity contribution in [2.75, 3.05) is 53.5 Å². The quantitative estimate of drug-likeness (QED) is 0.474. The number of hydrogen-bond donors (Lipinski definition) is 1. The van der Waals surface area contributed by atoms with Gasteiger partial charge in [0.2, 0.25) is 17.6 Å². The van der Waals surface area contributed by atoms with Gasteiger partial charge in [-0.3, -0.25) is 9.69 Å². The van der Waals surface area contributed by atoms with E-state index in [1.807, 2.05) is 18.2 Å². The molecule has 0 spiro atoms. The number of carbonyl (C=O) groups excluding carboxylic acids is 1. The Morgan fingerprint density at radius 3 is 2.62 bits per heavy atom. The summed E-state index contributed by atoms with van der Waals surface area (Å²) in [6.07, 6.45) is 4.09. The number of nitrogens with zero attached hydrogens (tertiary/aromatic N) is 4. The number of aromatic nitrogens is 2. The summed E-state index contributed by atoms with van der Waals surface area (Å²) in [5.74, 6) is 2.62. The van der Waals surface area contributed by atoms with Gasteiger partial charge in [-0.25, -0.2) is 0 Å². The lowest BCUT2D eigenvalue weighted by atomic mass is 9.96. The monoisotopic (exact) mass is 473 g/mol. The van der Waals surface area contributed by atoms with Crippen LogP contribution in [-0.4, -0.2) is 79.3 Å². The average Bonchev–Trinajstić information content (AvgIpc) is 3.34. The standard InChI is InChI=1S/C25H39N5O4/c1-5-7-13-29(6-2)16-12-26-25(31)19-10-14-30(15-11-19)18-23-27-24(28-34-23)20-8-9-21(32-3)22(17-20)33-4/h8-9,17,19H,5-7,10-16,18H2,1-4H3,(H,26,31). The molecule has 1 amide bonds. The molecule has 0 bridgehead atoms. The van der Waals surface area contributed by atoms with Gasteiger partial charge in [-0.15, -0.1) is 0 Å². The summed E-state index contributed by atoms with van der Waals surface area (Å²) in [5.41, 5.74) is 0.805. The molecule has 9 nitrogen and oxygen atoms in total. The fourth-order valence-corrected chi connectivity index (χ4v) is 4.25. The van der Waals surface area contributed by atoms with Crippen molar-refractivity contribution in [3.63, 3.8) is 0 Å². The van der Waals surface area contributed by atoms with Gasteiger partial charge in [-0.2, -0.15) is 4.98 Å². The number of likely N-dealkylation sites (tertiary alicyclic amines) is 1. The molecule has 34 heavy (non-hydrogen) atoms. The van der Waals surface area contributed by atoms with E-state index < -0.39 is 0 Å². The van der Waals surface area contributed by atoms with Crippen LogP contribution in [0.25, 0.3) is 11.4 Å². The maximum absolute atomic E-state index is 12.6. The molecule has 1 N–H and O–H groups in total. The van der Waals surface area contributed by atoms with E-state index in [4.69, 9.17) is 14.0 Å². The molecule has 3 rings (SSSR count). The summed E-state index contributed by atoms with van der Waals surface area (Å²) < 4.78 is 16.1. The second-order valence-corrected chi connectivity index (χ2v) is 8.71. The van der Waals surface area contributed by atoms with Gasteiger partial charge in [-0.1, -0.05) is 25.4 Å². The Kier molecular flexibility index (Phi) is 10.2. The summed E-state index contributed by atoms with van der Waals surface area (Å²) in [7, 11) is 3.20. The van der Waals surface area contributed by atoms with E-state index in [1.165, 1.54) is 12.8 Å². The first-order valence-electron chi connectivity index (χ1n) is 12.3. The SMILES string of the molecule is CCCCN(CC)CCNC(=O)C1CCN(Cc2nc(-c3ccc(OC)c(OC)c3)no2)CC1. The van der Waals surface area contributed by atoms with E-state index >= 15 is 0 Å². The Balaban J connectivity index is 1.43. The van der Waals surface area contributed by atoms with Crippen LogP contribution in [0.2, 0.25) is 0 Å². The zero-order chi connectivity index (χ0) is 24.3. The van der Waals surface area contributed by atoms with Gasteiger partial charge in [0, 0.05) is 24.6 Å². The van der Waals surface area contributed by atoms with Crippen LogP contribution in [0.5, 0.6) is 11.5 Å². The third-order valence-electron chi connectivity index (χ3n) is 6.43. The molecule has 0 saturated carbocycles. The van der Waals surface area contributed by atoms with Crippen molar-refractivity contribution in [2.45, 2.75) is 46.1 Å². The number of amides is 1. The lowest BCUT2D eigenvalue weighted by Gasteiger charge is -2.30. The van der Waals surface area contributed by atoms with Gasteiger partial charge >= 0.3 is 0 Å². The summed E-state index contributed by atoms with van der Waals surface area (Å²) in [5, 5.41) is 7.26. The highest BCUT2D eigenvalue weighted by atomic mass is 16.5. The minimum Gasteiger partial charge on any atom is -0.493 e. The highest BCUT2D eigenvalue weighted by molar-refractivity contribution is 5.78. The van der Waals surface area contributed by atoms with Crippen molar-refractivity contribution in [1.82, 2.24) is 25.3 Å². The van der Waals surface area contributed by atoms with Crippen LogP contribution in [0.15, 0.2) is 22.7 Å². The molecule has 1 aromatic carbocycles. The second kappa shape index (κ2) is 13.3. The molecule has 0 unspecified atom stereocenters. The summed E-state index contributed by atoms with van der Waals surface area (Å²) >= 11 is 0. The lowest BCUT2D eigenvalue weighted by Crippen LogP contribution is -2.42. The third kappa shape index (κ3) is 7.17. The molecular formula is C25H39N5O4. The maximum Gasteiger partial charge on any atom is 0.241 e. The second-order valence-electron chi connectivity index (χ2n) is 8.71. The molecule has 1 aromatic heterocycles. The highest BCUT2D eigenvalue weighted by Gasteiger charge is 2.26. The van der Waals surface area contributed by atoms with Gasteiger partial charge in [0.25, 0.3) is 0 Å². The lowest BCUT2D eigenvalue weighted by molar-refractivity contribution is -0.126. The molecule has 2 aromatic rings.